The van der Waals surface area contributed by atoms with Gasteiger partial charge in [-0.25, -0.2) is 0 Å². The number of hydrogen-bond acceptors (Lipinski definition) is 3. The minimum Gasteiger partial charge on any atom is -0.464 e. The normalized spacial score (nSPS) is 23.9. The summed E-state index contributed by atoms with van der Waals surface area (Å²) in [7, 11) is 0. The van der Waals surface area contributed by atoms with Gasteiger partial charge in [0.25, 0.3) is 0 Å². The zero-order valence-corrected chi connectivity index (χ0v) is 11.4. The van der Waals surface area contributed by atoms with Crippen LogP contribution in [0.3, 0.4) is 0 Å². The van der Waals surface area contributed by atoms with Crippen molar-refractivity contribution in [3.63, 3.8) is 0 Å². The van der Waals surface area contributed by atoms with E-state index in [1.54, 1.807) is 0 Å². The maximum absolute atomic E-state index is 12.1. The van der Waals surface area contributed by atoms with Crippen molar-refractivity contribution in [2.45, 2.75) is 70.8 Å². The molecule has 17 heavy (non-hydrogen) atoms. The molecule has 0 saturated carbocycles. The molecule has 0 aromatic carbocycles. The molecular weight excluding hydrogens is 214 g/mol. The van der Waals surface area contributed by atoms with Gasteiger partial charge in [0.05, 0.1) is 6.61 Å². The van der Waals surface area contributed by atoms with E-state index in [2.05, 4.69) is 19.2 Å². The van der Waals surface area contributed by atoms with E-state index in [-0.39, 0.29) is 11.5 Å². The molecule has 0 aliphatic carbocycles. The second kappa shape index (κ2) is 7.70. The van der Waals surface area contributed by atoms with Crippen LogP contribution >= 0.6 is 0 Å². The van der Waals surface area contributed by atoms with Gasteiger partial charge in [0.1, 0.15) is 5.54 Å². The van der Waals surface area contributed by atoms with Gasteiger partial charge in [-0.05, 0) is 32.2 Å². The molecule has 0 radical (unpaired) electrons. The fourth-order valence-electron chi connectivity index (χ4n) is 2.55. The highest BCUT2D eigenvalue weighted by Crippen LogP contribution is 2.26. The molecule has 3 heteroatoms. The molecule has 1 heterocycles. The van der Waals surface area contributed by atoms with Crippen LogP contribution in [0.2, 0.25) is 0 Å². The summed E-state index contributed by atoms with van der Waals surface area (Å²) in [6, 6.07) is 0. The van der Waals surface area contributed by atoms with Gasteiger partial charge >= 0.3 is 5.97 Å². The van der Waals surface area contributed by atoms with E-state index in [4.69, 9.17) is 4.74 Å². The van der Waals surface area contributed by atoms with Crippen molar-refractivity contribution in [3.05, 3.63) is 0 Å². The summed E-state index contributed by atoms with van der Waals surface area (Å²) < 4.78 is 5.43. The third-order valence-electron chi connectivity index (χ3n) is 3.54. The van der Waals surface area contributed by atoms with Crippen LogP contribution in [-0.2, 0) is 9.53 Å². The number of carbonyl (C=O) groups is 1. The Balaban J connectivity index is 2.28. The Kier molecular flexibility index (Phi) is 6.56. The molecule has 1 aliphatic rings. The Morgan fingerprint density at radius 1 is 1.24 bits per heavy atom. The molecule has 1 unspecified atom stereocenters. The standard InChI is InChI=1S/C14H27NO2/c1-3-5-6-7-12-17-13(16)14(9-4-2)10-8-11-15-14/h15H,3-12H2,1-2H3. The lowest BCUT2D eigenvalue weighted by Crippen LogP contribution is -2.48. The second-order valence-electron chi connectivity index (χ2n) is 5.06. The fraction of sp³-hybridized carbons (Fsp3) is 0.929. The van der Waals surface area contributed by atoms with E-state index >= 15 is 0 Å². The molecule has 1 saturated heterocycles. The molecule has 3 nitrogen and oxygen atoms in total. The summed E-state index contributed by atoms with van der Waals surface area (Å²) in [4.78, 5) is 12.1. The first-order valence-electron chi connectivity index (χ1n) is 7.17. The number of carbonyl (C=O) groups excluding carboxylic acids is 1. The van der Waals surface area contributed by atoms with E-state index in [0.29, 0.717) is 6.61 Å². The van der Waals surface area contributed by atoms with Crippen molar-refractivity contribution in [2.75, 3.05) is 13.2 Å². The van der Waals surface area contributed by atoms with Crippen molar-refractivity contribution in [3.8, 4) is 0 Å². The van der Waals surface area contributed by atoms with Crippen LogP contribution in [0.1, 0.15) is 65.2 Å². The van der Waals surface area contributed by atoms with Crippen LogP contribution in [0.5, 0.6) is 0 Å². The molecular formula is C14H27NO2. The highest BCUT2D eigenvalue weighted by molar-refractivity contribution is 5.81. The second-order valence-corrected chi connectivity index (χ2v) is 5.06. The van der Waals surface area contributed by atoms with Gasteiger partial charge in [0.15, 0.2) is 0 Å². The third kappa shape index (κ3) is 4.30. The molecule has 1 aliphatic heterocycles. The Morgan fingerprint density at radius 3 is 2.65 bits per heavy atom. The Morgan fingerprint density at radius 2 is 2.06 bits per heavy atom. The third-order valence-corrected chi connectivity index (χ3v) is 3.54. The predicted molar refractivity (Wildman–Crippen MR) is 70.0 cm³/mol. The molecule has 0 spiro atoms. The van der Waals surface area contributed by atoms with Crippen LogP contribution in [0, 0.1) is 0 Å². The van der Waals surface area contributed by atoms with Crippen molar-refractivity contribution < 1.29 is 9.53 Å². The molecule has 1 fully saturated rings. The Bertz CT molecular complexity index is 222. The van der Waals surface area contributed by atoms with E-state index in [0.717, 1.165) is 45.1 Å². The molecule has 1 rings (SSSR count). The van der Waals surface area contributed by atoms with Crippen molar-refractivity contribution in [1.29, 1.82) is 0 Å². The van der Waals surface area contributed by atoms with Crippen LogP contribution in [-0.4, -0.2) is 24.7 Å². The SMILES string of the molecule is CCCCCCOC(=O)C1(CCC)CCCN1. The van der Waals surface area contributed by atoms with Crippen molar-refractivity contribution in [1.82, 2.24) is 5.32 Å². The van der Waals surface area contributed by atoms with Crippen LogP contribution < -0.4 is 5.32 Å². The number of esters is 1. The highest BCUT2D eigenvalue weighted by Gasteiger charge is 2.41. The molecule has 0 aromatic rings. The molecule has 1 atom stereocenters. The maximum atomic E-state index is 12.1. The summed E-state index contributed by atoms with van der Waals surface area (Å²) in [5, 5.41) is 3.35. The number of unbranched alkanes of at least 4 members (excludes halogenated alkanes) is 3. The summed E-state index contributed by atoms with van der Waals surface area (Å²) in [5.74, 6) is -0.0200. The highest BCUT2D eigenvalue weighted by atomic mass is 16.5. The topological polar surface area (TPSA) is 38.3 Å². The van der Waals surface area contributed by atoms with Gasteiger partial charge in [-0.3, -0.25) is 4.79 Å². The zero-order valence-electron chi connectivity index (χ0n) is 11.4. The van der Waals surface area contributed by atoms with E-state index in [1.165, 1.54) is 12.8 Å². The average Bonchev–Trinajstić information content (AvgIpc) is 2.79. The van der Waals surface area contributed by atoms with Crippen LogP contribution in [0.25, 0.3) is 0 Å². The van der Waals surface area contributed by atoms with E-state index in [1.807, 2.05) is 0 Å². The van der Waals surface area contributed by atoms with Crippen molar-refractivity contribution >= 4 is 5.97 Å². The lowest BCUT2D eigenvalue weighted by molar-refractivity contribution is -0.151. The first-order valence-corrected chi connectivity index (χ1v) is 7.17. The van der Waals surface area contributed by atoms with Crippen LogP contribution in [0.4, 0.5) is 0 Å². The smallest absolute Gasteiger partial charge is 0.326 e. The van der Waals surface area contributed by atoms with E-state index in [9.17, 15) is 4.79 Å². The number of nitrogens with one attached hydrogen (secondary N) is 1. The Labute approximate surface area is 105 Å². The average molecular weight is 241 g/mol. The molecule has 1 N–H and O–H groups in total. The molecule has 0 amide bonds. The van der Waals surface area contributed by atoms with E-state index < -0.39 is 0 Å². The van der Waals surface area contributed by atoms with Gasteiger partial charge in [-0.15, -0.1) is 0 Å². The van der Waals surface area contributed by atoms with Gasteiger partial charge in [-0.1, -0.05) is 39.5 Å². The minimum atomic E-state index is -0.362. The summed E-state index contributed by atoms with van der Waals surface area (Å²) in [5.41, 5.74) is -0.362. The van der Waals surface area contributed by atoms with Gasteiger partial charge < -0.3 is 10.1 Å². The first-order chi connectivity index (χ1) is 8.25. The molecule has 100 valence electrons. The zero-order chi connectivity index (χ0) is 12.6. The summed E-state index contributed by atoms with van der Waals surface area (Å²) in [6.07, 6.45) is 8.57. The number of ether oxygens (including phenoxy) is 1. The lowest BCUT2D eigenvalue weighted by atomic mass is 9.92. The van der Waals surface area contributed by atoms with Crippen LogP contribution in [0.15, 0.2) is 0 Å². The monoisotopic (exact) mass is 241 g/mol. The van der Waals surface area contributed by atoms with Gasteiger partial charge in [-0.2, -0.15) is 0 Å². The van der Waals surface area contributed by atoms with Gasteiger partial charge in [0.2, 0.25) is 0 Å². The largest absolute Gasteiger partial charge is 0.464 e. The quantitative estimate of drug-likeness (QED) is 0.524. The summed E-state index contributed by atoms with van der Waals surface area (Å²) >= 11 is 0. The number of hydrogen-bond donors (Lipinski definition) is 1. The molecule has 0 aromatic heterocycles. The maximum Gasteiger partial charge on any atom is 0.326 e. The lowest BCUT2D eigenvalue weighted by Gasteiger charge is -2.26. The predicted octanol–water partition coefficient (Wildman–Crippen LogP) is 3.03. The number of rotatable bonds is 8. The first kappa shape index (κ1) is 14.5. The molecule has 0 bridgehead atoms. The summed E-state index contributed by atoms with van der Waals surface area (Å²) in [6.45, 7) is 5.85. The van der Waals surface area contributed by atoms with Gasteiger partial charge in [0, 0.05) is 0 Å². The Hall–Kier alpha value is -0.570. The minimum absolute atomic E-state index is 0.0200. The van der Waals surface area contributed by atoms with Crippen molar-refractivity contribution in [2.24, 2.45) is 0 Å². The fourth-order valence-corrected chi connectivity index (χ4v) is 2.55.